The van der Waals surface area contributed by atoms with Gasteiger partial charge in [0.2, 0.25) is 0 Å². The number of ether oxygens (including phenoxy) is 4. The molecule has 3 aromatic carbocycles. The number of azide groups is 1. The number of hydrogen-bond acceptors (Lipinski definition) is 11. The van der Waals surface area contributed by atoms with E-state index < -0.39 is 54.6 Å². The van der Waals surface area contributed by atoms with Crippen LogP contribution in [0.1, 0.15) is 32.7 Å². The average molecular weight is 1220 g/mol. The van der Waals surface area contributed by atoms with Gasteiger partial charge >= 0.3 is 60.5 Å². The molecule has 71 heavy (non-hydrogen) atoms. The van der Waals surface area contributed by atoms with E-state index in [0.29, 0.717) is 17.0 Å². The molecule has 1 aromatic heterocycles. The van der Waals surface area contributed by atoms with E-state index in [1.54, 1.807) is 19.2 Å². The summed E-state index contributed by atoms with van der Waals surface area (Å²) in [4.78, 5) is 63.9. The van der Waals surface area contributed by atoms with E-state index in [1.165, 1.54) is 33.0 Å². The van der Waals surface area contributed by atoms with Crippen LogP contribution < -0.4 is 9.47 Å². The average Bonchev–Trinajstić information content (AvgIpc) is 3.68. The van der Waals surface area contributed by atoms with Gasteiger partial charge in [0.05, 0.1) is 28.4 Å². The molecule has 0 saturated carbocycles. The fraction of sp³-hybridized carbons (Fsp3) is 0.282. The maximum Gasteiger partial charge on any atom is 0.490 e. The van der Waals surface area contributed by atoms with Crippen LogP contribution in [0.5, 0.6) is 11.5 Å². The molecule has 400 valence electrons. The first-order chi connectivity index (χ1) is 31.5. The maximum atomic E-state index is 11.4. The van der Waals surface area contributed by atoms with E-state index in [1.807, 2.05) is 56.3 Å². The van der Waals surface area contributed by atoms with Gasteiger partial charge in [0.25, 0.3) is 0 Å². The van der Waals surface area contributed by atoms with Gasteiger partial charge in [-0.2, -0.15) is 52.7 Å². The molecule has 4 aromatic rings. The number of aliphatic carboxylic acids is 4. The van der Waals surface area contributed by atoms with Gasteiger partial charge in [-0.05, 0) is 55.6 Å². The van der Waals surface area contributed by atoms with Crippen molar-refractivity contribution in [2.75, 3.05) is 28.4 Å². The van der Waals surface area contributed by atoms with Crippen LogP contribution >= 0.6 is 0 Å². The first-order valence-corrected chi connectivity index (χ1v) is 17.4. The van der Waals surface area contributed by atoms with E-state index in [9.17, 15) is 62.3 Å². The number of rotatable bonds is 6. The Balaban J connectivity index is -0.000000249. The standard InChI is InChI=1S/C12H13N3O3.C12H13NO3.C7H8.4C2HF3O2.2Rh/c1-8-5-4-6-9(11(8)17-2)7-10(14-15-13)12(16)18-3;1-7-4-5-9-8(11(7)15-2)6-10(13-9)12(14)16-3;1-7-5-3-2-4-6-7;4*3-2(4,5)1(6)7;;/h4-7H,1-3H3;4-6,13H,1-3H3;2-6H,1H3;4*(H,6,7);;/b10-7-;;;;;;;;. The Hall–Kier alpha value is -6.92. The number of H-pyrrole nitrogens is 1. The second-order valence-corrected chi connectivity index (χ2v) is 11.8. The summed E-state index contributed by atoms with van der Waals surface area (Å²) in [5.41, 5.74) is 13.5. The molecular formula is C39H38F12N4O14Rh2. The van der Waals surface area contributed by atoms with Crippen LogP contribution in [0.15, 0.2) is 77.5 Å². The summed E-state index contributed by atoms with van der Waals surface area (Å²) >= 11 is 0. The molecular weight excluding hydrogens is 1180 g/mol. The molecule has 0 aliphatic carbocycles. The molecule has 18 nitrogen and oxygen atoms in total. The molecule has 2 radical (unpaired) electrons. The summed E-state index contributed by atoms with van der Waals surface area (Å²) in [6.45, 7) is 5.92. The molecule has 0 unspecified atom stereocenters. The molecule has 5 N–H and O–H groups in total. The molecule has 0 bridgehead atoms. The van der Waals surface area contributed by atoms with Crippen LogP contribution in [0, 0.1) is 20.8 Å². The van der Waals surface area contributed by atoms with Crippen molar-refractivity contribution >= 4 is 52.8 Å². The summed E-state index contributed by atoms with van der Waals surface area (Å²) in [5.74, 6) is -10.7. The van der Waals surface area contributed by atoms with E-state index in [0.717, 1.165) is 27.8 Å². The van der Waals surface area contributed by atoms with Crippen molar-refractivity contribution < 1.29 is 160 Å². The smallest absolute Gasteiger partial charge is 0.490 e. The van der Waals surface area contributed by atoms with Crippen molar-refractivity contribution in [3.05, 3.63) is 111 Å². The van der Waals surface area contributed by atoms with Gasteiger partial charge in [-0.1, -0.05) is 65.3 Å². The van der Waals surface area contributed by atoms with Crippen molar-refractivity contribution in [3.8, 4) is 11.5 Å². The Morgan fingerprint density at radius 1 is 0.592 bits per heavy atom. The SMILES string of the molecule is COC(=O)/C(=C/c1cccc(C)c1OC)N=[N+]=[N-].COC(=O)c1cc2c(OC)c(C)ccc2[nH]1.Cc1ccccc1.O=C(O)C(F)(F)F.O=C(O)C(F)(F)F.O=C(O)C(F)(F)F.O=C(O)C(F)(F)F.[Rh].[Rh]. The largest absolute Gasteiger partial charge is 0.496 e. The number of methoxy groups -OCH3 is 4. The monoisotopic (exact) mass is 1220 g/mol. The number of aryl methyl sites for hydroxylation is 3. The minimum absolute atomic E-state index is 0. The number of hydrogen-bond donors (Lipinski definition) is 5. The number of benzene rings is 3. The second kappa shape index (κ2) is 34.4. The van der Waals surface area contributed by atoms with Gasteiger partial charge in [-0.15, -0.1) is 0 Å². The van der Waals surface area contributed by atoms with Crippen LogP contribution in [0.3, 0.4) is 0 Å². The number of alkyl halides is 12. The normalized spacial score (nSPS) is 10.3. The van der Waals surface area contributed by atoms with Crippen molar-refractivity contribution in [1.82, 2.24) is 4.98 Å². The Labute approximate surface area is 417 Å². The van der Waals surface area contributed by atoms with Gasteiger partial charge in [-0.3, -0.25) is 0 Å². The van der Waals surface area contributed by atoms with Crippen molar-refractivity contribution in [2.45, 2.75) is 45.5 Å². The number of para-hydroxylation sites is 1. The van der Waals surface area contributed by atoms with Crippen LogP contribution in [-0.4, -0.2) is 114 Å². The molecule has 1 heterocycles. The van der Waals surface area contributed by atoms with Crippen LogP contribution in [-0.2, 0) is 72.4 Å². The van der Waals surface area contributed by atoms with Gasteiger partial charge < -0.3 is 44.4 Å². The molecule has 0 amide bonds. The summed E-state index contributed by atoms with van der Waals surface area (Å²) < 4.78 is 147. The van der Waals surface area contributed by atoms with Gasteiger partial charge in [0.15, 0.2) is 0 Å². The molecule has 0 aliphatic heterocycles. The number of esters is 2. The van der Waals surface area contributed by atoms with E-state index in [2.05, 4.69) is 43.5 Å². The third kappa shape index (κ3) is 31.0. The number of carboxylic acid groups (broad SMARTS) is 4. The predicted octanol–water partition coefficient (Wildman–Crippen LogP) is 9.62. The first-order valence-electron chi connectivity index (χ1n) is 17.4. The fourth-order valence-corrected chi connectivity index (χ4v) is 3.81. The summed E-state index contributed by atoms with van der Waals surface area (Å²) in [6, 6.07) is 21.3. The molecule has 4 rings (SSSR count). The molecule has 0 fully saturated rings. The van der Waals surface area contributed by atoms with E-state index in [-0.39, 0.29) is 50.6 Å². The van der Waals surface area contributed by atoms with Crippen LogP contribution in [0.25, 0.3) is 27.4 Å². The Morgan fingerprint density at radius 2 is 0.986 bits per heavy atom. The quantitative estimate of drug-likeness (QED) is 0.0229. The molecule has 0 spiro atoms. The summed E-state index contributed by atoms with van der Waals surface area (Å²) in [5, 5.41) is 32.7. The number of carbonyl (C=O) groups excluding carboxylic acids is 2. The van der Waals surface area contributed by atoms with E-state index in [4.69, 9.17) is 54.6 Å². The van der Waals surface area contributed by atoms with Crippen molar-refractivity contribution in [1.29, 1.82) is 0 Å². The zero-order chi connectivity index (χ0) is 54.7. The number of carbonyl (C=O) groups is 6. The Morgan fingerprint density at radius 3 is 1.30 bits per heavy atom. The minimum Gasteiger partial charge on any atom is -0.496 e. The van der Waals surface area contributed by atoms with Gasteiger partial charge in [0.1, 0.15) is 22.9 Å². The van der Waals surface area contributed by atoms with Crippen molar-refractivity contribution in [3.63, 3.8) is 0 Å². The number of carboxylic acids is 4. The first kappa shape index (κ1) is 73.0. The molecule has 0 aliphatic rings. The van der Waals surface area contributed by atoms with Crippen LogP contribution in [0.2, 0.25) is 0 Å². The number of aromatic amines is 1. The predicted molar refractivity (Wildman–Crippen MR) is 214 cm³/mol. The number of halogens is 12. The summed E-state index contributed by atoms with van der Waals surface area (Å²) in [6.07, 6.45) is -18.9. The Bertz CT molecular complexity index is 2310. The number of nitrogens with zero attached hydrogens (tertiary/aromatic N) is 3. The zero-order valence-electron chi connectivity index (χ0n) is 36.8. The number of fused-ring (bicyclic) bond motifs is 1. The van der Waals surface area contributed by atoms with Crippen molar-refractivity contribution in [2.24, 2.45) is 5.11 Å². The second-order valence-electron chi connectivity index (χ2n) is 11.8. The zero-order valence-corrected chi connectivity index (χ0v) is 40.1. The fourth-order valence-electron chi connectivity index (χ4n) is 3.81. The molecule has 0 saturated heterocycles. The maximum absolute atomic E-state index is 11.4. The number of nitrogens with one attached hydrogen (secondary N) is 1. The third-order valence-electron chi connectivity index (χ3n) is 6.76. The van der Waals surface area contributed by atoms with Gasteiger partial charge in [0, 0.05) is 60.3 Å². The molecule has 0 atom stereocenters. The minimum atomic E-state index is -5.08. The van der Waals surface area contributed by atoms with Crippen LogP contribution in [0.4, 0.5) is 52.7 Å². The van der Waals surface area contributed by atoms with E-state index >= 15 is 0 Å². The summed E-state index contributed by atoms with van der Waals surface area (Å²) in [7, 11) is 5.73. The third-order valence-corrected chi connectivity index (χ3v) is 6.76. The van der Waals surface area contributed by atoms with Gasteiger partial charge in [-0.25, -0.2) is 28.8 Å². The topological polar surface area (TPSA) is 285 Å². The molecule has 32 heteroatoms. The Kier molecular flexibility index (Phi) is 35.4. The number of aromatic nitrogens is 1.